The summed E-state index contributed by atoms with van der Waals surface area (Å²) in [5, 5.41) is -0.134. The van der Waals surface area contributed by atoms with Gasteiger partial charge in [0.05, 0.1) is 24.2 Å². The third-order valence-electron chi connectivity index (χ3n) is 9.93. The summed E-state index contributed by atoms with van der Waals surface area (Å²) in [5.74, 6) is 0.663. The third-order valence-corrected chi connectivity index (χ3v) is 18.8. The molecule has 0 N–H and O–H groups in total. The highest BCUT2D eigenvalue weighted by molar-refractivity contribution is 6.74. The Balaban J connectivity index is 1.68. The minimum atomic E-state index is -2.31. The van der Waals surface area contributed by atoms with Crippen LogP contribution in [0.1, 0.15) is 59.4 Å². The van der Waals surface area contributed by atoms with Gasteiger partial charge in [-0.3, -0.25) is 0 Å². The number of nitrogens with zero attached hydrogens (tertiary/aromatic N) is 3. The Morgan fingerprint density at radius 3 is 1.96 bits per heavy atom. The van der Waals surface area contributed by atoms with Crippen LogP contribution in [-0.4, -0.2) is 49.4 Å². The molecule has 45 heavy (non-hydrogen) atoms. The van der Waals surface area contributed by atoms with Crippen LogP contribution in [0.5, 0.6) is 0 Å². The lowest BCUT2D eigenvalue weighted by Gasteiger charge is -2.46. The highest BCUT2D eigenvalue weighted by Crippen LogP contribution is 2.43. The fourth-order valence-corrected chi connectivity index (χ4v) is 7.66. The molecular formula is C34H49N3O6Si2. The van der Waals surface area contributed by atoms with Crippen LogP contribution in [0.2, 0.25) is 36.3 Å². The Hall–Kier alpha value is -2.97. The van der Waals surface area contributed by atoms with Crippen molar-refractivity contribution >= 4 is 16.6 Å². The van der Waals surface area contributed by atoms with Crippen molar-refractivity contribution in [2.75, 3.05) is 6.61 Å². The van der Waals surface area contributed by atoms with Gasteiger partial charge in [-0.1, -0.05) is 90.1 Å². The number of ether oxygens (including phenoxy) is 2. The van der Waals surface area contributed by atoms with Crippen LogP contribution >= 0.6 is 0 Å². The largest absolute Gasteiger partial charge is 0.545 e. The van der Waals surface area contributed by atoms with Crippen LogP contribution < -0.4 is 11.4 Å². The van der Waals surface area contributed by atoms with E-state index in [9.17, 15) is 9.59 Å². The van der Waals surface area contributed by atoms with E-state index < -0.39 is 52.6 Å². The van der Waals surface area contributed by atoms with Crippen molar-refractivity contribution in [1.82, 2.24) is 13.9 Å². The first-order valence-electron chi connectivity index (χ1n) is 15.8. The van der Waals surface area contributed by atoms with Gasteiger partial charge in [-0.05, 0) is 54.5 Å². The number of aromatic nitrogens is 3. The molecule has 1 aromatic heterocycles. The van der Waals surface area contributed by atoms with Crippen molar-refractivity contribution in [3.05, 3.63) is 99.0 Å². The van der Waals surface area contributed by atoms with E-state index in [4.69, 9.17) is 18.3 Å². The summed E-state index contributed by atoms with van der Waals surface area (Å²) in [7, 11) is -4.60. The quantitative estimate of drug-likeness (QED) is 0.262. The van der Waals surface area contributed by atoms with Gasteiger partial charge >= 0.3 is 11.4 Å². The molecule has 2 aliphatic rings. The molecule has 0 aliphatic carbocycles. The Morgan fingerprint density at radius 2 is 1.38 bits per heavy atom. The van der Waals surface area contributed by atoms with Gasteiger partial charge in [0.2, 0.25) is 8.32 Å². The molecule has 1 fully saturated rings. The number of hydrogen-bond acceptors (Lipinski definition) is 6. The van der Waals surface area contributed by atoms with Crippen molar-refractivity contribution in [2.45, 2.75) is 109 Å². The molecule has 2 aromatic carbocycles. The number of rotatable bonds is 7. The first kappa shape index (κ1) is 33.4. The number of allylic oxidation sites excluding steroid dienone is 1. The summed E-state index contributed by atoms with van der Waals surface area (Å²) in [5.41, 5.74) is 0.527. The van der Waals surface area contributed by atoms with Crippen molar-refractivity contribution in [3.63, 3.8) is 0 Å². The number of para-hydroxylation sites is 1. The Kier molecular flexibility index (Phi) is 8.91. The lowest BCUT2D eigenvalue weighted by atomic mass is 10.0. The minimum Gasteiger partial charge on any atom is -0.545 e. The highest BCUT2D eigenvalue weighted by Gasteiger charge is 2.48. The van der Waals surface area contributed by atoms with Crippen molar-refractivity contribution in [1.29, 1.82) is 0 Å². The Labute approximate surface area is 268 Å². The van der Waals surface area contributed by atoms with Crippen LogP contribution in [0.3, 0.4) is 0 Å². The molecule has 0 amide bonds. The van der Waals surface area contributed by atoms with Crippen LogP contribution in [0.25, 0.3) is 5.69 Å². The lowest BCUT2D eigenvalue weighted by molar-refractivity contribution is -0.261. The summed E-state index contributed by atoms with van der Waals surface area (Å²) in [4.78, 5) is 28.3. The average Bonchev–Trinajstić information content (AvgIpc) is 3.21. The summed E-state index contributed by atoms with van der Waals surface area (Å²) in [6.45, 7) is 22.3. The van der Waals surface area contributed by atoms with Crippen molar-refractivity contribution < 1.29 is 18.3 Å². The van der Waals surface area contributed by atoms with Gasteiger partial charge in [-0.15, -0.1) is 0 Å². The molecular weight excluding hydrogens is 603 g/mol. The van der Waals surface area contributed by atoms with E-state index in [0.717, 1.165) is 5.56 Å². The van der Waals surface area contributed by atoms with Gasteiger partial charge in [0, 0.05) is 5.56 Å². The summed E-state index contributed by atoms with van der Waals surface area (Å²) in [6, 6.07) is 18.1. The first-order chi connectivity index (χ1) is 20.9. The molecule has 2 aliphatic heterocycles. The van der Waals surface area contributed by atoms with Crippen LogP contribution in [0.4, 0.5) is 0 Å². The zero-order valence-electron chi connectivity index (χ0n) is 28.4. The van der Waals surface area contributed by atoms with E-state index in [1.165, 1.54) is 13.9 Å². The molecule has 0 spiro atoms. The third kappa shape index (κ3) is 6.51. The molecule has 4 atom stereocenters. The fourth-order valence-electron chi connectivity index (χ4n) is 5.26. The molecule has 1 saturated heterocycles. The second-order valence-corrected chi connectivity index (χ2v) is 24.7. The first-order valence-corrected chi connectivity index (χ1v) is 21.6. The van der Waals surface area contributed by atoms with Gasteiger partial charge in [0.25, 0.3) is 0 Å². The summed E-state index contributed by atoms with van der Waals surface area (Å²) in [6.07, 6.45) is 0.181. The van der Waals surface area contributed by atoms with E-state index in [0.29, 0.717) is 11.4 Å². The van der Waals surface area contributed by atoms with Crippen LogP contribution in [0.15, 0.2) is 82.1 Å². The topological polar surface area (TPSA) is 85.8 Å². The predicted molar refractivity (Wildman–Crippen MR) is 182 cm³/mol. The molecule has 11 heteroatoms. The van der Waals surface area contributed by atoms with Gasteiger partial charge in [0.1, 0.15) is 18.7 Å². The highest BCUT2D eigenvalue weighted by atomic mass is 28.4. The van der Waals surface area contributed by atoms with Gasteiger partial charge in [-0.2, -0.15) is 0 Å². The predicted octanol–water partition coefficient (Wildman–Crippen LogP) is 6.77. The molecule has 0 bridgehead atoms. The molecule has 0 radical (unpaired) electrons. The Bertz CT molecular complexity index is 1650. The SMILES string of the molecule is CC(C)(C)[Si](C)(C)OC1=C[C@@H]([C@@H]2O[C@H](c3ccccc3)OC[C@H]2O[Si](C)(C)C(C)(C)C)n2c(=O)n(-c3ccccc3)c(=O)n2C1. The van der Waals surface area contributed by atoms with Crippen LogP contribution in [0, 0.1) is 0 Å². The lowest BCUT2D eigenvalue weighted by Crippen LogP contribution is -2.55. The van der Waals surface area contributed by atoms with E-state index in [1.807, 2.05) is 54.6 Å². The molecule has 3 aromatic rings. The molecule has 5 rings (SSSR count). The smallest absolute Gasteiger partial charge is 0.352 e. The summed E-state index contributed by atoms with van der Waals surface area (Å²) < 4.78 is 31.2. The molecule has 9 nitrogen and oxygen atoms in total. The number of hydrogen-bond donors (Lipinski definition) is 0. The standard InChI is InChI=1S/C34H49N3O6Si2/c1-33(2,3)44(7,8)42-26-21-27(37-32(39)36(31(38)35(37)22-26)25-19-15-12-16-20-25)29-28(43-45(9,10)34(4,5)6)23-40-30(41-29)24-17-13-11-14-18-24/h11-21,27-30H,22-23H2,1-10H3/t27-,28+,29-,30+/m0/s1. The molecule has 3 heterocycles. The van der Waals surface area contributed by atoms with E-state index >= 15 is 0 Å². The monoisotopic (exact) mass is 651 g/mol. The van der Waals surface area contributed by atoms with Gasteiger partial charge in [0.15, 0.2) is 14.6 Å². The van der Waals surface area contributed by atoms with Crippen molar-refractivity contribution in [2.24, 2.45) is 0 Å². The normalized spacial score (nSPS) is 22.9. The van der Waals surface area contributed by atoms with Gasteiger partial charge in [-0.25, -0.2) is 23.5 Å². The van der Waals surface area contributed by atoms with Crippen molar-refractivity contribution in [3.8, 4) is 5.69 Å². The number of benzene rings is 2. The second-order valence-electron chi connectivity index (χ2n) is 15.2. The average molecular weight is 652 g/mol. The zero-order valence-corrected chi connectivity index (χ0v) is 30.4. The minimum absolute atomic E-state index is 0.0665. The molecule has 244 valence electrons. The van der Waals surface area contributed by atoms with E-state index in [1.54, 1.807) is 12.1 Å². The molecule has 0 unspecified atom stereocenters. The second kappa shape index (κ2) is 12.0. The van der Waals surface area contributed by atoms with Gasteiger partial charge < -0.3 is 18.3 Å². The maximum Gasteiger partial charge on any atom is 0.352 e. The van der Waals surface area contributed by atoms with E-state index in [2.05, 4.69) is 67.7 Å². The fraction of sp³-hybridized carbons (Fsp3) is 0.529. The van der Waals surface area contributed by atoms with E-state index in [-0.39, 0.29) is 23.2 Å². The molecule has 0 saturated carbocycles. The Morgan fingerprint density at radius 1 is 0.800 bits per heavy atom. The van der Waals surface area contributed by atoms with Crippen LogP contribution in [-0.2, 0) is 24.9 Å². The maximum atomic E-state index is 14.3. The maximum absolute atomic E-state index is 14.3. The number of fused-ring (bicyclic) bond motifs is 1. The zero-order chi connectivity index (χ0) is 32.9. The summed E-state index contributed by atoms with van der Waals surface area (Å²) >= 11 is 0.